The number of halogens is 2. The molecule has 1 unspecified atom stereocenters. The van der Waals surface area contributed by atoms with Crippen molar-refractivity contribution in [3.63, 3.8) is 0 Å². The molecule has 0 aliphatic carbocycles. The van der Waals surface area contributed by atoms with Gasteiger partial charge in [-0.2, -0.15) is 0 Å². The Bertz CT molecular complexity index is 756. The topological polar surface area (TPSA) is 67.5 Å². The van der Waals surface area contributed by atoms with E-state index < -0.39 is 6.10 Å². The fourth-order valence-corrected chi connectivity index (χ4v) is 3.74. The van der Waals surface area contributed by atoms with E-state index in [9.17, 15) is 5.11 Å². The Morgan fingerprint density at radius 3 is 2.48 bits per heavy atom. The summed E-state index contributed by atoms with van der Waals surface area (Å²) < 4.78 is 6.16. The van der Waals surface area contributed by atoms with Gasteiger partial charge in [0, 0.05) is 30.6 Å². The Balaban J connectivity index is 0.00000210. The third-order valence-electron chi connectivity index (χ3n) is 5.32. The number of fused-ring (bicyclic) bond motifs is 1. The largest absolute Gasteiger partial charge is 0.487 e. The van der Waals surface area contributed by atoms with E-state index >= 15 is 0 Å². The molecule has 0 bridgehead atoms. The first-order valence-corrected chi connectivity index (χ1v) is 9.91. The molecule has 4 N–H and O–H groups in total. The summed E-state index contributed by atoms with van der Waals surface area (Å²) in [4.78, 5) is 0. The van der Waals surface area contributed by atoms with Crippen LogP contribution in [0, 0.1) is 0 Å². The maximum Gasteiger partial charge on any atom is 0.124 e. The highest BCUT2D eigenvalue weighted by Crippen LogP contribution is 2.40. The molecule has 2 aromatic rings. The van der Waals surface area contributed by atoms with Gasteiger partial charge < -0.3 is 20.9 Å². The molecule has 1 aliphatic rings. The summed E-state index contributed by atoms with van der Waals surface area (Å²) in [7, 11) is 0. The quantitative estimate of drug-likeness (QED) is 0.602. The lowest BCUT2D eigenvalue weighted by atomic mass is 9.88. The number of nitrogens with two attached hydrogens (primary N) is 1. The van der Waals surface area contributed by atoms with Crippen LogP contribution in [0.15, 0.2) is 48.5 Å². The van der Waals surface area contributed by atoms with Gasteiger partial charge in [-0.05, 0) is 43.9 Å². The molecule has 2 aromatic carbocycles. The summed E-state index contributed by atoms with van der Waals surface area (Å²) in [6.45, 7) is 6.83. The number of rotatable bonds is 7. The maximum absolute atomic E-state index is 10.6. The van der Waals surface area contributed by atoms with Gasteiger partial charge in [-0.1, -0.05) is 49.4 Å². The first-order chi connectivity index (χ1) is 12.9. The fourth-order valence-electron chi connectivity index (χ4n) is 3.74. The van der Waals surface area contributed by atoms with Crippen LogP contribution in [-0.2, 0) is 12.8 Å². The summed E-state index contributed by atoms with van der Waals surface area (Å²) in [5, 5.41) is 14.1. The van der Waals surface area contributed by atoms with Crippen molar-refractivity contribution in [2.75, 3.05) is 6.54 Å². The minimum Gasteiger partial charge on any atom is -0.487 e. The highest BCUT2D eigenvalue weighted by Gasteiger charge is 2.34. The molecule has 0 aromatic heterocycles. The Morgan fingerprint density at radius 2 is 1.83 bits per heavy atom. The van der Waals surface area contributed by atoms with Gasteiger partial charge in [0.15, 0.2) is 0 Å². The van der Waals surface area contributed by atoms with Crippen molar-refractivity contribution in [2.45, 2.75) is 63.8 Å². The lowest BCUT2D eigenvalue weighted by molar-refractivity contribution is 0.0604. The smallest absolute Gasteiger partial charge is 0.124 e. The Morgan fingerprint density at radius 1 is 1.14 bits per heavy atom. The molecule has 4 nitrogen and oxygen atoms in total. The number of nitrogens with one attached hydrogen (secondary N) is 1. The molecule has 0 saturated heterocycles. The number of hydrogen-bond acceptors (Lipinski definition) is 4. The zero-order valence-electron chi connectivity index (χ0n) is 17.4. The maximum atomic E-state index is 10.6. The van der Waals surface area contributed by atoms with Crippen molar-refractivity contribution in [2.24, 2.45) is 5.73 Å². The summed E-state index contributed by atoms with van der Waals surface area (Å²) in [5.41, 5.74) is 9.63. The summed E-state index contributed by atoms with van der Waals surface area (Å²) in [6, 6.07) is 16.3. The molecule has 3 atom stereocenters. The Kier molecular flexibility index (Phi) is 9.93. The average Bonchev–Trinajstić information content (AvgIpc) is 2.65. The number of aryl methyl sites for hydroxylation is 1. The zero-order valence-corrected chi connectivity index (χ0v) is 19.1. The minimum absolute atomic E-state index is 0. The predicted molar refractivity (Wildman–Crippen MR) is 125 cm³/mol. The van der Waals surface area contributed by atoms with Crippen LogP contribution < -0.4 is 15.8 Å². The second kappa shape index (κ2) is 11.2. The standard InChI is InChI=1S/C23H32N2O2.2ClH/c1-4-16-10-11-22-18(12-16)20(14-23(2,3)27-22)25-15-21(26)19(24)13-17-8-6-5-7-9-17;;/h5-12,19-21,25-26H,4,13-15,24H2,1-3H3;2*1H/t19-,20?,21+;;/m1../s1. The SMILES string of the molecule is CCc1ccc2c(c1)C(NC[C@H](O)[C@H](N)Cc1ccccc1)CC(C)(C)O2.Cl.Cl. The summed E-state index contributed by atoms with van der Waals surface area (Å²) in [5.74, 6) is 0.934. The fraction of sp³-hybridized carbons (Fsp3) is 0.478. The normalized spacial score (nSPS) is 19.0. The highest BCUT2D eigenvalue weighted by atomic mass is 35.5. The number of ether oxygens (including phenoxy) is 1. The lowest BCUT2D eigenvalue weighted by Gasteiger charge is -2.38. The number of aliphatic hydroxyl groups excluding tert-OH is 1. The molecule has 1 heterocycles. The Hall–Kier alpha value is -1.30. The van der Waals surface area contributed by atoms with Gasteiger partial charge >= 0.3 is 0 Å². The summed E-state index contributed by atoms with van der Waals surface area (Å²) in [6.07, 6.45) is 1.91. The molecule has 0 amide bonds. The van der Waals surface area contributed by atoms with Crippen LogP contribution in [0.3, 0.4) is 0 Å². The van der Waals surface area contributed by atoms with E-state index in [1.54, 1.807) is 0 Å². The molecular weight excluding hydrogens is 407 g/mol. The second-order valence-electron chi connectivity index (χ2n) is 8.17. The van der Waals surface area contributed by atoms with Gasteiger partial charge in [0.1, 0.15) is 11.4 Å². The molecule has 0 fully saturated rings. The van der Waals surface area contributed by atoms with E-state index in [1.165, 1.54) is 11.1 Å². The molecule has 162 valence electrons. The number of benzene rings is 2. The highest BCUT2D eigenvalue weighted by molar-refractivity contribution is 5.85. The summed E-state index contributed by atoms with van der Waals surface area (Å²) >= 11 is 0. The van der Waals surface area contributed by atoms with Crippen LogP contribution in [0.25, 0.3) is 0 Å². The van der Waals surface area contributed by atoms with Gasteiger partial charge in [0.05, 0.1) is 6.10 Å². The monoisotopic (exact) mass is 440 g/mol. The molecule has 0 spiro atoms. The molecule has 3 rings (SSSR count). The first kappa shape index (κ1) is 25.7. The zero-order chi connectivity index (χ0) is 19.4. The van der Waals surface area contributed by atoms with Gasteiger partial charge in [-0.25, -0.2) is 0 Å². The van der Waals surface area contributed by atoms with E-state index in [0.717, 1.165) is 24.2 Å². The van der Waals surface area contributed by atoms with Gasteiger partial charge in [0.2, 0.25) is 0 Å². The van der Waals surface area contributed by atoms with Crippen LogP contribution in [0.2, 0.25) is 0 Å². The van der Waals surface area contributed by atoms with E-state index in [4.69, 9.17) is 10.5 Å². The van der Waals surface area contributed by atoms with Crippen molar-refractivity contribution >= 4 is 24.8 Å². The van der Waals surface area contributed by atoms with Crippen molar-refractivity contribution in [1.82, 2.24) is 5.32 Å². The van der Waals surface area contributed by atoms with Gasteiger partial charge in [-0.15, -0.1) is 24.8 Å². The van der Waals surface area contributed by atoms with Crippen LogP contribution in [-0.4, -0.2) is 29.4 Å². The van der Waals surface area contributed by atoms with Crippen LogP contribution in [0.4, 0.5) is 0 Å². The van der Waals surface area contributed by atoms with E-state index in [-0.39, 0.29) is 42.5 Å². The first-order valence-electron chi connectivity index (χ1n) is 9.91. The Labute approximate surface area is 187 Å². The third-order valence-corrected chi connectivity index (χ3v) is 5.32. The molecule has 6 heteroatoms. The van der Waals surface area contributed by atoms with E-state index in [1.807, 2.05) is 30.3 Å². The van der Waals surface area contributed by atoms with Crippen LogP contribution >= 0.6 is 24.8 Å². The van der Waals surface area contributed by atoms with Crippen molar-refractivity contribution in [3.05, 3.63) is 65.2 Å². The third kappa shape index (κ3) is 6.87. The van der Waals surface area contributed by atoms with E-state index in [0.29, 0.717) is 13.0 Å². The van der Waals surface area contributed by atoms with Crippen molar-refractivity contribution in [3.8, 4) is 5.75 Å². The minimum atomic E-state index is -0.603. The number of aliphatic hydroxyl groups is 1. The average molecular weight is 441 g/mol. The molecule has 0 saturated carbocycles. The molecule has 0 radical (unpaired) electrons. The van der Waals surface area contributed by atoms with Crippen LogP contribution in [0.5, 0.6) is 5.75 Å². The lowest BCUT2D eigenvalue weighted by Crippen LogP contribution is -2.46. The molecular formula is C23H34Cl2N2O2. The molecule has 1 aliphatic heterocycles. The number of hydrogen-bond donors (Lipinski definition) is 3. The van der Waals surface area contributed by atoms with Crippen molar-refractivity contribution < 1.29 is 9.84 Å². The predicted octanol–water partition coefficient (Wildman–Crippen LogP) is 4.22. The van der Waals surface area contributed by atoms with E-state index in [2.05, 4.69) is 44.3 Å². The van der Waals surface area contributed by atoms with Gasteiger partial charge in [0.25, 0.3) is 0 Å². The van der Waals surface area contributed by atoms with Crippen LogP contribution in [0.1, 0.15) is 49.9 Å². The van der Waals surface area contributed by atoms with Crippen molar-refractivity contribution in [1.29, 1.82) is 0 Å². The van der Waals surface area contributed by atoms with Gasteiger partial charge in [-0.3, -0.25) is 0 Å². The second-order valence-corrected chi connectivity index (χ2v) is 8.17. The molecule has 29 heavy (non-hydrogen) atoms.